The lowest BCUT2D eigenvalue weighted by atomic mass is 9.96. The van der Waals surface area contributed by atoms with Crippen LogP contribution in [-0.4, -0.2) is 0 Å². The summed E-state index contributed by atoms with van der Waals surface area (Å²) in [7, 11) is 0. The van der Waals surface area contributed by atoms with Gasteiger partial charge in [-0.15, -0.1) is 0 Å². The zero-order valence-corrected chi connectivity index (χ0v) is 14.6. The Morgan fingerprint density at radius 2 is 1.84 bits per heavy atom. The second-order valence-electron chi connectivity index (χ2n) is 6.51. The van der Waals surface area contributed by atoms with Gasteiger partial charge in [-0.3, -0.25) is 0 Å². The number of rotatable bonds is 4. The van der Waals surface area contributed by atoms with Crippen LogP contribution in [0, 0.1) is 13.8 Å². The van der Waals surface area contributed by atoms with Crippen molar-refractivity contribution in [3.05, 3.63) is 82.9 Å². The summed E-state index contributed by atoms with van der Waals surface area (Å²) >= 11 is 0. The van der Waals surface area contributed by atoms with E-state index >= 15 is 0 Å². The number of nitrogens with one attached hydrogen (secondary N) is 2. The summed E-state index contributed by atoms with van der Waals surface area (Å²) in [4.78, 5) is 5.46. The zero-order chi connectivity index (χ0) is 17.2. The first-order valence-electron chi connectivity index (χ1n) is 8.63. The highest BCUT2D eigenvalue weighted by molar-refractivity contribution is 5.68. The van der Waals surface area contributed by atoms with E-state index in [1.54, 1.807) is 0 Å². The van der Waals surface area contributed by atoms with E-state index in [-0.39, 0.29) is 0 Å². The molecule has 2 N–H and O–H groups in total. The smallest absolute Gasteiger partial charge is 0.153 e. The first kappa shape index (κ1) is 15.7. The molecule has 25 heavy (non-hydrogen) atoms. The molecule has 3 heteroatoms. The first-order chi connectivity index (χ1) is 12.2. The monoisotopic (exact) mass is 330 g/mol. The summed E-state index contributed by atoms with van der Waals surface area (Å²) in [6, 6.07) is 21.3. The molecule has 126 valence electrons. The van der Waals surface area contributed by atoms with Crippen molar-refractivity contribution in [1.29, 1.82) is 0 Å². The minimum Gasteiger partial charge on any atom is -0.408 e. The highest BCUT2D eigenvalue weighted by Gasteiger charge is 2.14. The number of fused-ring (bicyclic) bond motifs is 1. The largest absolute Gasteiger partial charge is 0.408 e. The standard InChI is InChI=1S/C22H22N2O/c1-15-11-19-14-24-25-22(19)12-21(15)23-13-18-9-6-10-20(16(18)2)17-7-4-3-5-8-17/h3-12,23-24H,13-14H2,1-2H3. The average molecular weight is 330 g/mol. The molecule has 0 saturated heterocycles. The van der Waals surface area contributed by atoms with Crippen LogP contribution in [-0.2, 0) is 13.1 Å². The Labute approximate surface area is 148 Å². The first-order valence-corrected chi connectivity index (χ1v) is 8.63. The Bertz CT molecular complexity index is 903. The van der Waals surface area contributed by atoms with Gasteiger partial charge in [0.05, 0.1) is 6.54 Å². The maximum Gasteiger partial charge on any atom is 0.153 e. The SMILES string of the molecule is Cc1cc2c(cc1NCc1cccc(-c3ccccc3)c1C)ONC2. The number of hydrogen-bond donors (Lipinski definition) is 2. The molecule has 0 atom stereocenters. The second kappa shape index (κ2) is 6.61. The van der Waals surface area contributed by atoms with Crippen LogP contribution in [0.4, 0.5) is 5.69 Å². The van der Waals surface area contributed by atoms with Crippen LogP contribution in [0.15, 0.2) is 60.7 Å². The molecule has 0 spiro atoms. The molecule has 1 heterocycles. The van der Waals surface area contributed by atoms with Crippen LogP contribution in [0.25, 0.3) is 11.1 Å². The zero-order valence-electron chi connectivity index (χ0n) is 14.6. The van der Waals surface area contributed by atoms with E-state index in [0.29, 0.717) is 0 Å². The van der Waals surface area contributed by atoms with Crippen LogP contribution in [0.5, 0.6) is 5.75 Å². The van der Waals surface area contributed by atoms with Gasteiger partial charge in [-0.25, -0.2) is 0 Å². The van der Waals surface area contributed by atoms with Gasteiger partial charge in [-0.2, -0.15) is 5.48 Å². The van der Waals surface area contributed by atoms with Gasteiger partial charge in [-0.05, 0) is 47.7 Å². The van der Waals surface area contributed by atoms with Crippen LogP contribution in [0.3, 0.4) is 0 Å². The molecular formula is C22H22N2O. The molecule has 0 radical (unpaired) electrons. The summed E-state index contributed by atoms with van der Waals surface area (Å²) < 4.78 is 0. The lowest BCUT2D eigenvalue weighted by Gasteiger charge is -2.15. The van der Waals surface area contributed by atoms with Crippen LogP contribution in [0.2, 0.25) is 0 Å². The van der Waals surface area contributed by atoms with Gasteiger partial charge in [0, 0.05) is 23.9 Å². The van der Waals surface area contributed by atoms with Crippen molar-refractivity contribution in [2.75, 3.05) is 5.32 Å². The third-order valence-corrected chi connectivity index (χ3v) is 4.85. The number of anilines is 1. The van der Waals surface area contributed by atoms with E-state index in [2.05, 4.69) is 85.3 Å². The van der Waals surface area contributed by atoms with Crippen LogP contribution in [0.1, 0.15) is 22.3 Å². The fourth-order valence-electron chi connectivity index (χ4n) is 3.36. The van der Waals surface area contributed by atoms with E-state index in [0.717, 1.165) is 24.5 Å². The van der Waals surface area contributed by atoms with E-state index in [4.69, 9.17) is 4.84 Å². The molecule has 0 saturated carbocycles. The second-order valence-corrected chi connectivity index (χ2v) is 6.51. The fraction of sp³-hybridized carbons (Fsp3) is 0.182. The van der Waals surface area contributed by atoms with E-state index in [1.807, 2.05) is 0 Å². The van der Waals surface area contributed by atoms with Crippen molar-refractivity contribution in [1.82, 2.24) is 5.48 Å². The minimum absolute atomic E-state index is 0.773. The molecule has 0 unspecified atom stereocenters. The van der Waals surface area contributed by atoms with Crippen LogP contribution < -0.4 is 15.6 Å². The van der Waals surface area contributed by atoms with Gasteiger partial charge in [-0.1, -0.05) is 48.5 Å². The van der Waals surface area contributed by atoms with Gasteiger partial charge in [0.2, 0.25) is 0 Å². The molecule has 3 aromatic carbocycles. The average Bonchev–Trinajstić information content (AvgIpc) is 3.08. The van der Waals surface area contributed by atoms with Crippen LogP contribution >= 0.6 is 0 Å². The summed E-state index contributed by atoms with van der Waals surface area (Å²) in [6.45, 7) is 5.89. The molecule has 3 nitrogen and oxygen atoms in total. The highest BCUT2D eigenvalue weighted by atomic mass is 16.7. The normalized spacial score (nSPS) is 12.6. The predicted octanol–water partition coefficient (Wildman–Crippen LogP) is 4.98. The Balaban J connectivity index is 1.58. The molecule has 1 aliphatic heterocycles. The summed E-state index contributed by atoms with van der Waals surface area (Å²) in [5.74, 6) is 0.919. The van der Waals surface area contributed by atoms with E-state index < -0.39 is 0 Å². The number of aryl methyl sites for hydroxylation is 1. The van der Waals surface area contributed by atoms with Gasteiger partial charge < -0.3 is 10.2 Å². The van der Waals surface area contributed by atoms with Gasteiger partial charge in [0.25, 0.3) is 0 Å². The molecule has 1 aliphatic rings. The molecule has 3 aromatic rings. The molecule has 0 amide bonds. The number of hydroxylamine groups is 1. The van der Waals surface area contributed by atoms with Gasteiger partial charge >= 0.3 is 0 Å². The lowest BCUT2D eigenvalue weighted by Crippen LogP contribution is -2.07. The minimum atomic E-state index is 0.773. The van der Waals surface area contributed by atoms with Crippen molar-refractivity contribution in [2.24, 2.45) is 0 Å². The molecule has 0 bridgehead atoms. The maximum atomic E-state index is 5.46. The molecule has 4 rings (SSSR count). The molecule has 0 aromatic heterocycles. The molecular weight excluding hydrogens is 308 g/mol. The van der Waals surface area contributed by atoms with E-state index in [1.165, 1.54) is 33.4 Å². The van der Waals surface area contributed by atoms with Gasteiger partial charge in [0.1, 0.15) is 0 Å². The summed E-state index contributed by atoms with van der Waals surface area (Å²) in [6.07, 6.45) is 0. The third kappa shape index (κ3) is 3.11. The Hall–Kier alpha value is -2.78. The topological polar surface area (TPSA) is 33.3 Å². The van der Waals surface area contributed by atoms with Crippen molar-refractivity contribution >= 4 is 5.69 Å². The van der Waals surface area contributed by atoms with Gasteiger partial charge in [0.15, 0.2) is 5.75 Å². The number of benzene rings is 3. The predicted molar refractivity (Wildman–Crippen MR) is 103 cm³/mol. The van der Waals surface area contributed by atoms with E-state index in [9.17, 15) is 0 Å². The quantitative estimate of drug-likeness (QED) is 0.708. The van der Waals surface area contributed by atoms with Crippen molar-refractivity contribution in [3.63, 3.8) is 0 Å². The lowest BCUT2D eigenvalue weighted by molar-refractivity contribution is 0.224. The Morgan fingerprint density at radius 1 is 1.00 bits per heavy atom. The Morgan fingerprint density at radius 3 is 2.68 bits per heavy atom. The molecule has 0 fully saturated rings. The van der Waals surface area contributed by atoms with Crippen molar-refractivity contribution in [2.45, 2.75) is 26.9 Å². The molecule has 0 aliphatic carbocycles. The highest BCUT2D eigenvalue weighted by Crippen LogP contribution is 2.31. The maximum absolute atomic E-state index is 5.46. The van der Waals surface area contributed by atoms with Crippen molar-refractivity contribution < 1.29 is 4.84 Å². The Kier molecular flexibility index (Phi) is 4.16. The van der Waals surface area contributed by atoms with Crippen molar-refractivity contribution in [3.8, 4) is 16.9 Å². The third-order valence-electron chi connectivity index (χ3n) is 4.85. The number of hydrogen-bond acceptors (Lipinski definition) is 3. The summed E-state index contributed by atoms with van der Waals surface area (Å²) in [5.41, 5.74) is 11.7. The fourth-order valence-corrected chi connectivity index (χ4v) is 3.36. The summed E-state index contributed by atoms with van der Waals surface area (Å²) in [5, 5.41) is 3.57.